The molecule has 5 heteroatoms. The normalized spacial score (nSPS) is 10.4. The molecule has 1 heterocycles. The van der Waals surface area contributed by atoms with Crippen molar-refractivity contribution in [2.24, 2.45) is 0 Å². The van der Waals surface area contributed by atoms with E-state index in [1.54, 1.807) is 12.3 Å². The van der Waals surface area contributed by atoms with Crippen molar-refractivity contribution < 1.29 is 4.74 Å². The highest BCUT2D eigenvalue weighted by Crippen LogP contribution is 2.34. The second-order valence-corrected chi connectivity index (χ2v) is 5.02. The van der Waals surface area contributed by atoms with Crippen LogP contribution in [0.1, 0.15) is 11.3 Å². The zero-order chi connectivity index (χ0) is 13.0. The number of hydrogen-bond acceptors (Lipinski definition) is 2. The summed E-state index contributed by atoms with van der Waals surface area (Å²) in [5.41, 5.74) is 1.77. The highest BCUT2D eigenvalue weighted by molar-refractivity contribution is 9.08. The summed E-state index contributed by atoms with van der Waals surface area (Å²) in [6.45, 7) is 0.377. The van der Waals surface area contributed by atoms with Crippen LogP contribution in [0.5, 0.6) is 5.75 Å². The van der Waals surface area contributed by atoms with Gasteiger partial charge in [0.2, 0.25) is 0 Å². The molecule has 0 amide bonds. The van der Waals surface area contributed by atoms with Gasteiger partial charge in [-0.1, -0.05) is 45.2 Å². The van der Waals surface area contributed by atoms with E-state index in [0.717, 1.165) is 11.3 Å². The second kappa shape index (κ2) is 6.41. The Morgan fingerprint density at radius 1 is 1.22 bits per heavy atom. The van der Waals surface area contributed by atoms with Crippen LogP contribution in [0, 0.1) is 0 Å². The summed E-state index contributed by atoms with van der Waals surface area (Å²) in [5, 5.41) is 1.73. The smallest absolute Gasteiger partial charge is 0.142 e. The highest BCUT2D eigenvalue weighted by Gasteiger charge is 2.10. The number of rotatable bonds is 4. The summed E-state index contributed by atoms with van der Waals surface area (Å²) >= 11 is 15.5. The molecule has 0 spiro atoms. The quantitative estimate of drug-likeness (QED) is 0.737. The van der Waals surface area contributed by atoms with Crippen molar-refractivity contribution in [1.29, 1.82) is 0 Å². The molecule has 2 aromatic rings. The van der Waals surface area contributed by atoms with Crippen LogP contribution in [0.2, 0.25) is 10.0 Å². The predicted molar refractivity (Wildman–Crippen MR) is 77.7 cm³/mol. The van der Waals surface area contributed by atoms with Crippen LogP contribution in [0.3, 0.4) is 0 Å². The number of halogens is 3. The van der Waals surface area contributed by atoms with Gasteiger partial charge in [0.05, 0.1) is 10.7 Å². The minimum absolute atomic E-state index is 0.377. The number of hydrogen-bond donors (Lipinski definition) is 0. The molecule has 0 aliphatic rings. The molecule has 0 saturated heterocycles. The number of aromatic nitrogens is 1. The number of ether oxygens (including phenoxy) is 1. The topological polar surface area (TPSA) is 22.1 Å². The van der Waals surface area contributed by atoms with Gasteiger partial charge in [-0.25, -0.2) is 0 Å². The molecular weight excluding hydrogens is 337 g/mol. The first-order chi connectivity index (χ1) is 8.70. The van der Waals surface area contributed by atoms with E-state index in [9.17, 15) is 0 Å². The third-order valence-corrected chi connectivity index (χ3v) is 3.42. The number of alkyl halides is 1. The number of benzene rings is 1. The van der Waals surface area contributed by atoms with Crippen LogP contribution in [-0.2, 0) is 11.9 Å². The molecule has 0 aliphatic heterocycles. The summed E-state index contributed by atoms with van der Waals surface area (Å²) in [7, 11) is 0. The third kappa shape index (κ3) is 3.37. The van der Waals surface area contributed by atoms with Gasteiger partial charge in [-0.2, -0.15) is 0 Å². The van der Waals surface area contributed by atoms with Crippen LogP contribution in [0.25, 0.3) is 0 Å². The molecule has 0 saturated carbocycles. The van der Waals surface area contributed by atoms with E-state index in [4.69, 9.17) is 27.9 Å². The molecule has 0 atom stereocenters. The van der Waals surface area contributed by atoms with E-state index in [1.165, 1.54) is 0 Å². The molecule has 0 fully saturated rings. The molecule has 0 N–H and O–H groups in total. The average molecular weight is 347 g/mol. The lowest BCUT2D eigenvalue weighted by molar-refractivity contribution is 0.299. The van der Waals surface area contributed by atoms with Gasteiger partial charge in [0.25, 0.3) is 0 Å². The fraction of sp³-hybridized carbons (Fsp3) is 0.154. The maximum atomic E-state index is 6.13. The SMILES string of the molecule is Clc1cc(Cl)c(OCc2ccccn2)c(CBr)c1. The average Bonchev–Trinajstić information content (AvgIpc) is 2.38. The lowest BCUT2D eigenvalue weighted by atomic mass is 10.2. The largest absolute Gasteiger partial charge is 0.485 e. The minimum Gasteiger partial charge on any atom is -0.485 e. The first kappa shape index (κ1) is 13.7. The van der Waals surface area contributed by atoms with Crippen molar-refractivity contribution in [1.82, 2.24) is 4.98 Å². The zero-order valence-corrected chi connectivity index (χ0v) is 12.5. The van der Waals surface area contributed by atoms with Crippen LogP contribution < -0.4 is 4.74 Å². The standard InChI is InChI=1S/C13H10BrCl2NO/c14-7-9-5-10(15)6-12(16)13(9)18-8-11-3-1-2-4-17-11/h1-6H,7-8H2. The van der Waals surface area contributed by atoms with Gasteiger partial charge in [0.1, 0.15) is 12.4 Å². The summed E-state index contributed by atoms with van der Waals surface area (Å²) in [6.07, 6.45) is 1.73. The molecule has 0 aliphatic carbocycles. The molecule has 18 heavy (non-hydrogen) atoms. The number of nitrogens with zero attached hydrogens (tertiary/aromatic N) is 1. The van der Waals surface area contributed by atoms with Crippen LogP contribution >= 0.6 is 39.1 Å². The van der Waals surface area contributed by atoms with Gasteiger partial charge >= 0.3 is 0 Å². The summed E-state index contributed by atoms with van der Waals surface area (Å²) in [5.74, 6) is 0.642. The molecule has 0 radical (unpaired) electrons. The Labute approximate surface area is 124 Å². The maximum Gasteiger partial charge on any atom is 0.142 e. The van der Waals surface area contributed by atoms with Crippen molar-refractivity contribution in [2.75, 3.05) is 0 Å². The Balaban J connectivity index is 2.19. The highest BCUT2D eigenvalue weighted by atomic mass is 79.9. The zero-order valence-electron chi connectivity index (χ0n) is 9.37. The molecule has 1 aromatic carbocycles. The van der Waals surface area contributed by atoms with E-state index < -0.39 is 0 Å². The van der Waals surface area contributed by atoms with E-state index in [1.807, 2.05) is 24.3 Å². The van der Waals surface area contributed by atoms with E-state index in [-0.39, 0.29) is 0 Å². The summed E-state index contributed by atoms with van der Waals surface area (Å²) in [4.78, 5) is 4.19. The van der Waals surface area contributed by atoms with Crippen molar-refractivity contribution in [2.45, 2.75) is 11.9 Å². The Hall–Kier alpha value is -0.770. The Morgan fingerprint density at radius 3 is 2.72 bits per heavy atom. The summed E-state index contributed by atoms with van der Waals surface area (Å²) in [6, 6.07) is 9.18. The van der Waals surface area contributed by atoms with Crippen molar-refractivity contribution in [3.8, 4) is 5.75 Å². The number of pyridine rings is 1. The van der Waals surface area contributed by atoms with Gasteiger partial charge in [0, 0.05) is 22.1 Å². The van der Waals surface area contributed by atoms with Gasteiger partial charge in [-0.3, -0.25) is 4.98 Å². The third-order valence-electron chi connectivity index (χ3n) is 2.32. The molecule has 94 valence electrons. The van der Waals surface area contributed by atoms with Gasteiger partial charge in [0.15, 0.2) is 0 Å². The van der Waals surface area contributed by atoms with Crippen molar-refractivity contribution in [3.05, 3.63) is 57.8 Å². The second-order valence-electron chi connectivity index (χ2n) is 3.62. The van der Waals surface area contributed by atoms with Crippen LogP contribution in [0.15, 0.2) is 36.5 Å². The fourth-order valence-electron chi connectivity index (χ4n) is 1.50. The molecule has 2 nitrogen and oxygen atoms in total. The Morgan fingerprint density at radius 2 is 2.06 bits per heavy atom. The fourth-order valence-corrected chi connectivity index (χ4v) is 2.51. The van der Waals surface area contributed by atoms with Crippen molar-refractivity contribution >= 4 is 39.1 Å². The Bertz CT molecular complexity index is 534. The monoisotopic (exact) mass is 345 g/mol. The molecule has 1 aromatic heterocycles. The Kier molecular flexibility index (Phi) is 4.87. The molecule has 2 rings (SSSR count). The van der Waals surface area contributed by atoms with E-state index in [0.29, 0.717) is 27.7 Å². The summed E-state index contributed by atoms with van der Waals surface area (Å²) < 4.78 is 5.72. The predicted octanol–water partition coefficient (Wildman–Crippen LogP) is 4.86. The lowest BCUT2D eigenvalue weighted by Crippen LogP contribution is -2.00. The van der Waals surface area contributed by atoms with E-state index in [2.05, 4.69) is 20.9 Å². The van der Waals surface area contributed by atoms with E-state index >= 15 is 0 Å². The van der Waals surface area contributed by atoms with Crippen LogP contribution in [0.4, 0.5) is 0 Å². The van der Waals surface area contributed by atoms with Gasteiger partial charge < -0.3 is 4.74 Å². The van der Waals surface area contributed by atoms with Crippen molar-refractivity contribution in [3.63, 3.8) is 0 Å². The first-order valence-corrected chi connectivity index (χ1v) is 7.15. The van der Waals surface area contributed by atoms with Crippen LogP contribution in [-0.4, -0.2) is 4.98 Å². The maximum absolute atomic E-state index is 6.13. The first-order valence-electron chi connectivity index (χ1n) is 5.27. The lowest BCUT2D eigenvalue weighted by Gasteiger charge is -2.12. The minimum atomic E-state index is 0.377. The molecule has 0 bridgehead atoms. The van der Waals surface area contributed by atoms with Gasteiger partial charge in [-0.05, 0) is 24.3 Å². The molecule has 0 unspecified atom stereocenters. The molecular formula is C13H10BrCl2NO. The van der Waals surface area contributed by atoms with Gasteiger partial charge in [-0.15, -0.1) is 0 Å².